The van der Waals surface area contributed by atoms with E-state index in [9.17, 15) is 0 Å². The van der Waals surface area contributed by atoms with Gasteiger partial charge in [-0.1, -0.05) is 38.2 Å². The molecule has 0 bridgehead atoms. The SMILES string of the molecule is CN(C)CCN(Cc1cccnc1)C(=S)NC1CCCCCCC1. The predicted octanol–water partition coefficient (Wildman–Crippen LogP) is 3.43. The Kier molecular flexibility index (Phi) is 8.47. The minimum atomic E-state index is 0.536. The summed E-state index contributed by atoms with van der Waals surface area (Å²) in [4.78, 5) is 8.72. The molecule has 1 saturated carbocycles. The minimum absolute atomic E-state index is 0.536. The average molecular weight is 349 g/mol. The molecular weight excluding hydrogens is 316 g/mol. The highest BCUT2D eigenvalue weighted by Crippen LogP contribution is 2.17. The van der Waals surface area contributed by atoms with Crippen molar-refractivity contribution in [2.45, 2.75) is 57.5 Å². The Morgan fingerprint density at radius 3 is 2.50 bits per heavy atom. The van der Waals surface area contributed by atoms with Gasteiger partial charge in [-0.15, -0.1) is 0 Å². The molecule has 1 N–H and O–H groups in total. The minimum Gasteiger partial charge on any atom is -0.360 e. The van der Waals surface area contributed by atoms with Crippen molar-refractivity contribution >= 4 is 17.3 Å². The molecule has 1 aromatic heterocycles. The largest absolute Gasteiger partial charge is 0.360 e. The van der Waals surface area contributed by atoms with Gasteiger partial charge >= 0.3 is 0 Å². The first-order valence-electron chi connectivity index (χ1n) is 9.24. The Balaban J connectivity index is 1.94. The fraction of sp³-hybridized carbons (Fsp3) is 0.684. The average Bonchev–Trinajstić information content (AvgIpc) is 2.54. The Hall–Kier alpha value is -1.20. The Morgan fingerprint density at radius 1 is 1.17 bits per heavy atom. The number of rotatable bonds is 6. The van der Waals surface area contributed by atoms with Crippen LogP contribution < -0.4 is 5.32 Å². The van der Waals surface area contributed by atoms with Crippen LogP contribution in [0.5, 0.6) is 0 Å². The van der Waals surface area contributed by atoms with Crippen molar-refractivity contribution in [3.05, 3.63) is 30.1 Å². The molecule has 134 valence electrons. The molecule has 0 aromatic carbocycles. The van der Waals surface area contributed by atoms with E-state index in [2.05, 4.69) is 40.3 Å². The maximum Gasteiger partial charge on any atom is 0.169 e. The molecule has 0 radical (unpaired) electrons. The Morgan fingerprint density at radius 2 is 1.88 bits per heavy atom. The van der Waals surface area contributed by atoms with Crippen LogP contribution in [-0.2, 0) is 6.54 Å². The first kappa shape index (κ1) is 19.1. The zero-order chi connectivity index (χ0) is 17.2. The second-order valence-electron chi connectivity index (χ2n) is 7.08. The molecule has 0 amide bonds. The van der Waals surface area contributed by atoms with Crippen molar-refractivity contribution in [1.29, 1.82) is 0 Å². The molecule has 1 aliphatic rings. The third-order valence-corrected chi connectivity index (χ3v) is 5.01. The highest BCUT2D eigenvalue weighted by atomic mass is 32.1. The molecule has 4 nitrogen and oxygen atoms in total. The molecule has 0 unspecified atom stereocenters. The lowest BCUT2D eigenvalue weighted by atomic mass is 9.97. The Labute approximate surface area is 152 Å². The van der Waals surface area contributed by atoms with Gasteiger partial charge < -0.3 is 15.1 Å². The monoisotopic (exact) mass is 348 g/mol. The highest BCUT2D eigenvalue weighted by Gasteiger charge is 2.16. The van der Waals surface area contributed by atoms with Crippen molar-refractivity contribution < 1.29 is 0 Å². The summed E-state index contributed by atoms with van der Waals surface area (Å²) in [5.74, 6) is 0. The molecule has 24 heavy (non-hydrogen) atoms. The number of aromatic nitrogens is 1. The molecular formula is C19H32N4S. The number of hydrogen-bond donors (Lipinski definition) is 1. The summed E-state index contributed by atoms with van der Waals surface area (Å²) in [5, 5.41) is 4.54. The van der Waals surface area contributed by atoms with Crippen molar-refractivity contribution in [2.24, 2.45) is 0 Å². The van der Waals surface area contributed by atoms with Crippen molar-refractivity contribution in [2.75, 3.05) is 27.2 Å². The lowest BCUT2D eigenvalue weighted by molar-refractivity contribution is 0.316. The smallest absolute Gasteiger partial charge is 0.169 e. The molecule has 1 aromatic rings. The van der Waals surface area contributed by atoms with E-state index in [4.69, 9.17) is 12.2 Å². The standard InChI is InChI=1S/C19H32N4S/c1-22(2)13-14-23(16-17-9-8-12-20-15-17)19(24)21-18-10-6-4-3-5-7-11-18/h8-9,12,15,18H,3-7,10-11,13-14,16H2,1-2H3,(H,21,24). The fourth-order valence-electron chi connectivity index (χ4n) is 3.15. The van der Waals surface area contributed by atoms with E-state index in [0.29, 0.717) is 6.04 Å². The molecule has 0 spiro atoms. The quantitative estimate of drug-likeness (QED) is 0.796. The summed E-state index contributed by atoms with van der Waals surface area (Å²) >= 11 is 5.76. The van der Waals surface area contributed by atoms with Crippen molar-refractivity contribution in [3.8, 4) is 0 Å². The van der Waals surface area contributed by atoms with E-state index in [-0.39, 0.29) is 0 Å². The van der Waals surface area contributed by atoms with Gasteiger partial charge in [0.2, 0.25) is 0 Å². The lowest BCUT2D eigenvalue weighted by Gasteiger charge is -2.31. The van der Waals surface area contributed by atoms with Crippen LogP contribution in [0.25, 0.3) is 0 Å². The second-order valence-corrected chi connectivity index (χ2v) is 7.46. The maximum absolute atomic E-state index is 5.76. The normalized spacial score (nSPS) is 16.5. The molecule has 1 aliphatic carbocycles. The fourth-order valence-corrected chi connectivity index (χ4v) is 3.47. The van der Waals surface area contributed by atoms with Gasteiger partial charge in [-0.3, -0.25) is 4.98 Å². The van der Waals surface area contributed by atoms with E-state index < -0.39 is 0 Å². The first-order chi connectivity index (χ1) is 11.6. The van der Waals surface area contributed by atoms with E-state index >= 15 is 0 Å². The third kappa shape index (κ3) is 7.14. The van der Waals surface area contributed by atoms with Gasteiger partial charge in [0.25, 0.3) is 0 Å². The van der Waals surface area contributed by atoms with Crippen LogP contribution in [0.1, 0.15) is 50.5 Å². The number of nitrogens with one attached hydrogen (secondary N) is 1. The predicted molar refractivity (Wildman–Crippen MR) is 105 cm³/mol. The zero-order valence-corrected chi connectivity index (χ0v) is 16.0. The topological polar surface area (TPSA) is 31.4 Å². The second kappa shape index (κ2) is 10.6. The van der Waals surface area contributed by atoms with Crippen LogP contribution in [-0.4, -0.2) is 53.1 Å². The molecule has 0 atom stereocenters. The van der Waals surface area contributed by atoms with E-state index in [1.807, 2.05) is 18.5 Å². The number of pyridine rings is 1. The highest BCUT2D eigenvalue weighted by molar-refractivity contribution is 7.80. The Bertz CT molecular complexity index is 470. The molecule has 5 heteroatoms. The molecule has 0 saturated heterocycles. The van der Waals surface area contributed by atoms with Gasteiger partial charge in [0, 0.05) is 38.1 Å². The zero-order valence-electron chi connectivity index (χ0n) is 15.2. The summed E-state index contributed by atoms with van der Waals surface area (Å²) in [6.45, 7) is 2.74. The number of likely N-dealkylation sites (N-methyl/N-ethyl adjacent to an activating group) is 1. The lowest BCUT2D eigenvalue weighted by Crippen LogP contribution is -2.46. The van der Waals surface area contributed by atoms with E-state index in [1.54, 1.807) is 0 Å². The summed E-state index contributed by atoms with van der Waals surface area (Å²) in [6.07, 6.45) is 13.0. The van der Waals surface area contributed by atoms with Crippen LogP contribution in [0.15, 0.2) is 24.5 Å². The maximum atomic E-state index is 5.76. The van der Waals surface area contributed by atoms with E-state index in [1.165, 1.54) is 50.5 Å². The summed E-state index contributed by atoms with van der Waals surface area (Å²) in [6, 6.07) is 4.65. The first-order valence-corrected chi connectivity index (χ1v) is 9.65. The molecule has 2 rings (SSSR count). The summed E-state index contributed by atoms with van der Waals surface area (Å²) in [7, 11) is 4.21. The third-order valence-electron chi connectivity index (χ3n) is 4.63. The van der Waals surface area contributed by atoms with Crippen molar-refractivity contribution in [1.82, 2.24) is 20.1 Å². The number of nitrogens with zero attached hydrogens (tertiary/aromatic N) is 3. The van der Waals surface area contributed by atoms with Gasteiger partial charge in [-0.2, -0.15) is 0 Å². The van der Waals surface area contributed by atoms with E-state index in [0.717, 1.165) is 24.7 Å². The van der Waals surface area contributed by atoms with Gasteiger partial charge in [-0.25, -0.2) is 0 Å². The van der Waals surface area contributed by atoms with Gasteiger partial charge in [0.1, 0.15) is 0 Å². The molecule has 0 aliphatic heterocycles. The van der Waals surface area contributed by atoms with Gasteiger partial charge in [0.05, 0.1) is 0 Å². The van der Waals surface area contributed by atoms with Crippen LogP contribution in [0.4, 0.5) is 0 Å². The number of thiocarbonyl (C=S) groups is 1. The van der Waals surface area contributed by atoms with Crippen molar-refractivity contribution in [3.63, 3.8) is 0 Å². The molecule has 1 heterocycles. The summed E-state index contributed by atoms with van der Waals surface area (Å²) < 4.78 is 0. The van der Waals surface area contributed by atoms with Gasteiger partial charge in [0.15, 0.2) is 5.11 Å². The van der Waals surface area contributed by atoms with Crippen LogP contribution >= 0.6 is 12.2 Å². The van der Waals surface area contributed by atoms with Crippen LogP contribution in [0.3, 0.4) is 0 Å². The summed E-state index contributed by atoms with van der Waals surface area (Å²) in [5.41, 5.74) is 1.21. The molecule has 1 fully saturated rings. The van der Waals surface area contributed by atoms with Gasteiger partial charge in [-0.05, 0) is 50.8 Å². The van der Waals surface area contributed by atoms with Crippen LogP contribution in [0.2, 0.25) is 0 Å². The number of hydrogen-bond acceptors (Lipinski definition) is 3. The van der Waals surface area contributed by atoms with Crippen LogP contribution in [0, 0.1) is 0 Å².